The van der Waals surface area contributed by atoms with Crippen LogP contribution in [0.4, 0.5) is 0 Å². The average Bonchev–Trinajstić information content (AvgIpc) is 3.35. The summed E-state index contributed by atoms with van der Waals surface area (Å²) in [4.78, 5) is 18.8. The quantitative estimate of drug-likeness (QED) is 0.655. The van der Waals surface area contributed by atoms with E-state index in [1.54, 1.807) is 0 Å². The van der Waals surface area contributed by atoms with Gasteiger partial charge >= 0.3 is 0 Å². The zero-order valence-corrected chi connectivity index (χ0v) is 17.9. The van der Waals surface area contributed by atoms with E-state index in [2.05, 4.69) is 40.6 Å². The first-order valence-corrected chi connectivity index (χ1v) is 11.8. The number of nitrogens with zero attached hydrogens (tertiary/aromatic N) is 3. The summed E-state index contributed by atoms with van der Waals surface area (Å²) in [6.07, 6.45) is 14.4. The molecule has 3 atom stereocenters. The van der Waals surface area contributed by atoms with Crippen LogP contribution in [0.2, 0.25) is 0 Å². The molecule has 3 fully saturated rings. The molecule has 28 heavy (non-hydrogen) atoms. The Bertz CT molecular complexity index is 620. The summed E-state index contributed by atoms with van der Waals surface area (Å²) in [5, 5.41) is 0. The minimum Gasteiger partial charge on any atom is -0.342 e. The van der Waals surface area contributed by atoms with Crippen LogP contribution in [0.1, 0.15) is 71.3 Å². The van der Waals surface area contributed by atoms with Gasteiger partial charge in [0.25, 0.3) is 0 Å². The Morgan fingerprint density at radius 3 is 2.46 bits per heavy atom. The summed E-state index contributed by atoms with van der Waals surface area (Å²) in [6, 6.07) is 4.77. The molecule has 0 aromatic carbocycles. The molecule has 4 heteroatoms. The third kappa shape index (κ3) is 4.82. The van der Waals surface area contributed by atoms with Gasteiger partial charge in [0.05, 0.1) is 0 Å². The molecule has 0 bridgehead atoms. The van der Waals surface area contributed by atoms with E-state index in [4.69, 9.17) is 0 Å². The topological polar surface area (TPSA) is 28.5 Å². The zero-order valence-electron chi connectivity index (χ0n) is 17.9. The van der Waals surface area contributed by atoms with Gasteiger partial charge in [-0.1, -0.05) is 20.3 Å². The number of hydrogen-bond acceptors (Lipinski definition) is 2. The highest BCUT2D eigenvalue weighted by molar-refractivity contribution is 5.80. The molecule has 1 aromatic rings. The van der Waals surface area contributed by atoms with Crippen LogP contribution in [-0.4, -0.2) is 52.5 Å². The van der Waals surface area contributed by atoms with Crippen LogP contribution in [-0.2, 0) is 4.79 Å². The maximum absolute atomic E-state index is 13.8. The number of rotatable bonds is 8. The zero-order chi connectivity index (χ0) is 19.5. The molecule has 3 aliphatic rings. The Morgan fingerprint density at radius 1 is 1.00 bits per heavy atom. The van der Waals surface area contributed by atoms with Gasteiger partial charge in [-0.15, -0.1) is 0 Å². The fraction of sp³-hybridized carbons (Fsp3) is 0.792. The van der Waals surface area contributed by atoms with Gasteiger partial charge < -0.3 is 14.4 Å². The van der Waals surface area contributed by atoms with Crippen LogP contribution < -0.4 is 0 Å². The van der Waals surface area contributed by atoms with Crippen molar-refractivity contribution in [2.75, 3.05) is 26.2 Å². The maximum atomic E-state index is 13.8. The van der Waals surface area contributed by atoms with Gasteiger partial charge in [-0.25, -0.2) is 0 Å². The average molecular weight is 386 g/mol. The van der Waals surface area contributed by atoms with Crippen molar-refractivity contribution in [3.05, 3.63) is 24.5 Å². The number of carbonyl (C=O) groups excluding carboxylic acids is 1. The molecule has 0 radical (unpaired) electrons. The molecule has 4 nitrogen and oxygen atoms in total. The van der Waals surface area contributed by atoms with Crippen LogP contribution in [0.3, 0.4) is 0 Å². The normalized spacial score (nSPS) is 26.8. The van der Waals surface area contributed by atoms with E-state index < -0.39 is 0 Å². The highest BCUT2D eigenvalue weighted by Gasteiger charge is 2.37. The lowest BCUT2D eigenvalue weighted by Crippen LogP contribution is -2.52. The van der Waals surface area contributed by atoms with Crippen molar-refractivity contribution in [1.82, 2.24) is 14.4 Å². The lowest BCUT2D eigenvalue weighted by atomic mass is 9.83. The first-order chi connectivity index (χ1) is 13.6. The fourth-order valence-electron chi connectivity index (χ4n) is 5.50. The monoisotopic (exact) mass is 385 g/mol. The lowest BCUT2D eigenvalue weighted by molar-refractivity contribution is -0.137. The van der Waals surface area contributed by atoms with Gasteiger partial charge in [0, 0.05) is 31.5 Å². The summed E-state index contributed by atoms with van der Waals surface area (Å²) < 4.78 is 2.15. The van der Waals surface area contributed by atoms with Crippen molar-refractivity contribution >= 4 is 5.91 Å². The van der Waals surface area contributed by atoms with Gasteiger partial charge in [0.1, 0.15) is 6.04 Å². The summed E-state index contributed by atoms with van der Waals surface area (Å²) in [6.45, 7) is 8.98. The SMILES string of the molecule is CC(C)C[C@@H](C(=O)N(CC1CC1)C[C@@H]1CCCN2CCCC[C@H]12)n1cccc1. The van der Waals surface area contributed by atoms with E-state index >= 15 is 0 Å². The van der Waals surface area contributed by atoms with Crippen molar-refractivity contribution in [2.45, 2.75) is 77.3 Å². The smallest absolute Gasteiger partial charge is 0.245 e. The number of fused-ring (bicyclic) bond motifs is 1. The molecule has 0 N–H and O–H groups in total. The van der Waals surface area contributed by atoms with Crippen molar-refractivity contribution in [3.63, 3.8) is 0 Å². The maximum Gasteiger partial charge on any atom is 0.245 e. The molecule has 4 rings (SSSR count). The predicted molar refractivity (Wildman–Crippen MR) is 114 cm³/mol. The van der Waals surface area contributed by atoms with E-state index in [1.807, 2.05) is 12.1 Å². The van der Waals surface area contributed by atoms with Gasteiger partial charge in [0.2, 0.25) is 5.91 Å². The number of hydrogen-bond donors (Lipinski definition) is 0. The van der Waals surface area contributed by atoms with Crippen molar-refractivity contribution < 1.29 is 4.79 Å². The molecule has 3 heterocycles. The molecule has 2 aliphatic heterocycles. The van der Waals surface area contributed by atoms with Gasteiger partial charge in [0.15, 0.2) is 0 Å². The first kappa shape index (κ1) is 20.0. The first-order valence-electron chi connectivity index (χ1n) is 11.8. The molecule has 1 aromatic heterocycles. The second-order valence-corrected chi connectivity index (χ2v) is 9.96. The Kier molecular flexibility index (Phi) is 6.45. The highest BCUT2D eigenvalue weighted by Crippen LogP contribution is 2.35. The molecule has 2 saturated heterocycles. The van der Waals surface area contributed by atoms with Crippen LogP contribution in [0.15, 0.2) is 24.5 Å². The van der Waals surface area contributed by atoms with Crippen LogP contribution in [0.5, 0.6) is 0 Å². The minimum atomic E-state index is -0.0419. The van der Waals surface area contributed by atoms with Crippen LogP contribution in [0.25, 0.3) is 0 Å². The number of amides is 1. The molecule has 0 spiro atoms. The summed E-state index contributed by atoms with van der Waals surface area (Å²) in [5.74, 6) is 2.30. The second kappa shape index (κ2) is 9.02. The van der Waals surface area contributed by atoms with Crippen LogP contribution >= 0.6 is 0 Å². The molecule has 156 valence electrons. The van der Waals surface area contributed by atoms with E-state index in [-0.39, 0.29) is 6.04 Å². The van der Waals surface area contributed by atoms with Crippen molar-refractivity contribution in [3.8, 4) is 0 Å². The number of carbonyl (C=O) groups is 1. The van der Waals surface area contributed by atoms with Gasteiger partial charge in [-0.3, -0.25) is 4.79 Å². The van der Waals surface area contributed by atoms with E-state index in [9.17, 15) is 4.79 Å². The van der Waals surface area contributed by atoms with Crippen LogP contribution in [0, 0.1) is 17.8 Å². The second-order valence-electron chi connectivity index (χ2n) is 9.96. The highest BCUT2D eigenvalue weighted by atomic mass is 16.2. The lowest BCUT2D eigenvalue weighted by Gasteiger charge is -2.46. The van der Waals surface area contributed by atoms with Crippen molar-refractivity contribution in [2.24, 2.45) is 17.8 Å². The Labute approximate surface area is 171 Å². The molecule has 1 amide bonds. The van der Waals surface area contributed by atoms with E-state index in [1.165, 1.54) is 58.0 Å². The summed E-state index contributed by atoms with van der Waals surface area (Å²) >= 11 is 0. The Morgan fingerprint density at radius 2 is 1.75 bits per heavy atom. The van der Waals surface area contributed by atoms with Crippen molar-refractivity contribution in [1.29, 1.82) is 0 Å². The Hall–Kier alpha value is -1.29. The summed E-state index contributed by atoms with van der Waals surface area (Å²) in [5.41, 5.74) is 0. The summed E-state index contributed by atoms with van der Waals surface area (Å²) in [7, 11) is 0. The van der Waals surface area contributed by atoms with Gasteiger partial charge in [-0.05, 0) is 87.9 Å². The predicted octanol–water partition coefficient (Wildman–Crippen LogP) is 4.58. The molecule has 1 aliphatic carbocycles. The standard InChI is InChI=1S/C24H39N3O/c1-19(2)16-23(26-13-5-6-14-26)24(28)27(17-20-10-11-20)18-21-8-7-15-25-12-4-3-9-22(21)25/h5-6,13-14,19-23H,3-4,7-12,15-18H2,1-2H3/t21-,22+,23-/m0/s1. The molecular weight excluding hydrogens is 346 g/mol. The molecule has 1 saturated carbocycles. The third-order valence-electron chi connectivity index (χ3n) is 7.14. The fourth-order valence-corrected chi connectivity index (χ4v) is 5.50. The molecular formula is C24H39N3O. The number of piperidine rings is 2. The Balaban J connectivity index is 1.50. The van der Waals surface area contributed by atoms with E-state index in [0.29, 0.717) is 23.8 Å². The van der Waals surface area contributed by atoms with Gasteiger partial charge in [-0.2, -0.15) is 0 Å². The largest absolute Gasteiger partial charge is 0.342 e. The van der Waals surface area contributed by atoms with E-state index in [0.717, 1.165) is 25.4 Å². The minimum absolute atomic E-state index is 0.0419. The third-order valence-corrected chi connectivity index (χ3v) is 7.14. The number of aromatic nitrogens is 1. The molecule has 0 unspecified atom stereocenters.